The Morgan fingerprint density at radius 2 is 1.07 bits per heavy atom. The summed E-state index contributed by atoms with van der Waals surface area (Å²) in [7, 11) is -8.46. The zero-order valence-electron chi connectivity index (χ0n) is 43.6. The fraction of sp³-hybridized carbons (Fsp3) is 0.453. The number of guanidine groups is 2. The van der Waals surface area contributed by atoms with Crippen molar-refractivity contribution in [3.63, 3.8) is 0 Å². The van der Waals surface area contributed by atoms with E-state index in [2.05, 4.69) is 30.7 Å². The molecule has 4 aromatic rings. The number of carboxylic acids is 1. The van der Waals surface area contributed by atoms with Crippen molar-refractivity contribution >= 4 is 49.9 Å². The Kier molecular flexibility index (Phi) is 15.7. The monoisotopic (exact) mass is 1060 g/mol. The van der Waals surface area contributed by atoms with E-state index in [1.54, 1.807) is 41.5 Å². The van der Waals surface area contributed by atoms with E-state index in [9.17, 15) is 36.3 Å². The molecule has 3 aliphatic rings. The van der Waals surface area contributed by atoms with Crippen LogP contribution in [-0.4, -0.2) is 94.8 Å². The van der Waals surface area contributed by atoms with Gasteiger partial charge in [-0.15, -0.1) is 0 Å². The Morgan fingerprint density at radius 3 is 1.50 bits per heavy atom. The summed E-state index contributed by atoms with van der Waals surface area (Å²) in [4.78, 5) is 40.1. The zero-order chi connectivity index (χ0) is 54.2. The van der Waals surface area contributed by atoms with E-state index >= 15 is 0 Å². The average molecular weight is 1060 g/mol. The molecule has 0 saturated carbocycles. The van der Waals surface area contributed by atoms with E-state index in [1.807, 2.05) is 76.2 Å². The molecule has 1 aliphatic carbocycles. The molecule has 0 fully saturated rings. The molecule has 21 heteroatoms. The number of ether oxygens (including phenoxy) is 3. The van der Waals surface area contributed by atoms with Crippen molar-refractivity contribution in [2.75, 3.05) is 19.7 Å². The maximum absolute atomic E-state index is 13.9. The van der Waals surface area contributed by atoms with Gasteiger partial charge in [-0.25, -0.2) is 35.9 Å². The van der Waals surface area contributed by atoms with E-state index in [0.717, 1.165) is 33.4 Å². The first-order valence-corrected chi connectivity index (χ1v) is 27.6. The Balaban J connectivity index is 0.973. The van der Waals surface area contributed by atoms with Gasteiger partial charge in [-0.3, -0.25) is 15.6 Å². The fourth-order valence-corrected chi connectivity index (χ4v) is 13.4. The third kappa shape index (κ3) is 11.6. The number of carbonyl (C=O) groups excluding carboxylic acids is 2. The molecule has 0 aromatic heterocycles. The molecule has 398 valence electrons. The first-order valence-electron chi connectivity index (χ1n) is 24.6. The summed E-state index contributed by atoms with van der Waals surface area (Å²) >= 11 is 0. The quantitative estimate of drug-likeness (QED) is 0.0301. The summed E-state index contributed by atoms with van der Waals surface area (Å²) in [5.41, 5.74) is 8.00. The maximum atomic E-state index is 13.9. The molecule has 0 unspecified atom stereocenters. The van der Waals surface area contributed by atoms with Crippen LogP contribution in [0.4, 0.5) is 4.79 Å². The van der Waals surface area contributed by atoms with Crippen LogP contribution in [0.3, 0.4) is 0 Å². The molecule has 2 atom stereocenters. The number of benzene rings is 4. The van der Waals surface area contributed by atoms with Crippen molar-refractivity contribution in [1.29, 1.82) is 10.8 Å². The number of aliphatic carboxylic acids is 1. The highest BCUT2D eigenvalue weighted by Gasteiger charge is 2.39. The van der Waals surface area contributed by atoms with E-state index in [4.69, 9.17) is 25.0 Å². The molecule has 2 aliphatic heterocycles. The lowest BCUT2D eigenvalue weighted by Crippen LogP contribution is -2.52. The van der Waals surface area contributed by atoms with Gasteiger partial charge in [0.2, 0.25) is 17.8 Å². The lowest BCUT2D eigenvalue weighted by molar-refractivity contribution is -0.142. The zero-order valence-corrected chi connectivity index (χ0v) is 45.2. The molecule has 4 aromatic carbocycles. The topological polar surface area (TPSA) is 287 Å². The highest BCUT2D eigenvalue weighted by Crippen LogP contribution is 2.46. The Morgan fingerprint density at radius 1 is 0.649 bits per heavy atom. The van der Waals surface area contributed by atoms with Crippen molar-refractivity contribution in [1.82, 2.24) is 30.7 Å². The summed E-state index contributed by atoms with van der Waals surface area (Å²) in [5.74, 6) is -2.21. The highest BCUT2D eigenvalue weighted by molar-refractivity contribution is 7.90. The number of alkyl carbamates (subject to hydrolysis) is 1. The van der Waals surface area contributed by atoms with Gasteiger partial charge in [0.1, 0.15) is 41.4 Å². The van der Waals surface area contributed by atoms with Crippen LogP contribution in [-0.2, 0) is 47.2 Å². The minimum absolute atomic E-state index is 0.0255. The molecule has 74 heavy (non-hydrogen) atoms. The van der Waals surface area contributed by atoms with Gasteiger partial charge in [-0.2, -0.15) is 0 Å². The van der Waals surface area contributed by atoms with Crippen molar-refractivity contribution in [2.45, 2.75) is 147 Å². The van der Waals surface area contributed by atoms with E-state index in [0.29, 0.717) is 57.7 Å². The van der Waals surface area contributed by atoms with Crippen molar-refractivity contribution in [3.05, 3.63) is 104 Å². The number of fused-ring (bicyclic) bond motifs is 5. The summed E-state index contributed by atoms with van der Waals surface area (Å²) in [6.07, 6.45) is 0.0492. The van der Waals surface area contributed by atoms with Gasteiger partial charge in [-0.1, -0.05) is 48.5 Å². The Bertz CT molecular complexity index is 3130. The second-order valence-electron chi connectivity index (χ2n) is 20.6. The van der Waals surface area contributed by atoms with Gasteiger partial charge in [0, 0.05) is 43.0 Å². The molecule has 2 amide bonds. The molecule has 7 rings (SSSR count). The molecule has 0 radical (unpaired) electrons. The van der Waals surface area contributed by atoms with Crippen molar-refractivity contribution < 1.29 is 50.5 Å². The van der Waals surface area contributed by atoms with Crippen LogP contribution < -0.4 is 40.2 Å². The number of rotatable bonds is 18. The van der Waals surface area contributed by atoms with E-state index < -0.39 is 73.2 Å². The number of amides is 2. The molecule has 0 bridgehead atoms. The molecule has 19 nitrogen and oxygen atoms in total. The Hall–Kier alpha value is -6.87. The van der Waals surface area contributed by atoms with Crippen LogP contribution in [0.15, 0.2) is 58.3 Å². The second kappa shape index (κ2) is 21.2. The van der Waals surface area contributed by atoms with Crippen LogP contribution >= 0.6 is 0 Å². The van der Waals surface area contributed by atoms with Crippen LogP contribution in [0.2, 0.25) is 0 Å². The van der Waals surface area contributed by atoms with Crippen LogP contribution in [0.5, 0.6) is 11.5 Å². The van der Waals surface area contributed by atoms with Crippen molar-refractivity contribution in [2.24, 2.45) is 0 Å². The first-order chi connectivity index (χ1) is 34.6. The number of nitrogens with one attached hydrogen (secondary N) is 8. The predicted octanol–water partition coefficient (Wildman–Crippen LogP) is 6.31. The van der Waals surface area contributed by atoms with E-state index in [-0.39, 0.29) is 61.1 Å². The van der Waals surface area contributed by atoms with Crippen molar-refractivity contribution in [3.8, 4) is 22.6 Å². The average Bonchev–Trinajstić information content (AvgIpc) is 3.95. The summed E-state index contributed by atoms with van der Waals surface area (Å²) in [6.45, 7) is 18.0. The fourth-order valence-electron chi connectivity index (χ4n) is 10.4. The molecule has 9 N–H and O–H groups in total. The lowest BCUT2D eigenvalue weighted by atomic mass is 9.94. The number of carbonyl (C=O) groups is 3. The van der Waals surface area contributed by atoms with Gasteiger partial charge in [0.05, 0.1) is 9.79 Å². The smallest absolute Gasteiger partial charge is 0.407 e. The van der Waals surface area contributed by atoms with Crippen LogP contribution in [0.25, 0.3) is 11.1 Å². The molecule has 2 heterocycles. The van der Waals surface area contributed by atoms with Gasteiger partial charge in [-0.05, 0) is 151 Å². The number of hydrogen-bond donors (Lipinski definition) is 9. The molecular formula is C53H68N8O11S2. The lowest BCUT2D eigenvalue weighted by Gasteiger charge is -2.22. The Labute approximate surface area is 433 Å². The molecule has 0 saturated heterocycles. The third-order valence-electron chi connectivity index (χ3n) is 14.1. The summed E-state index contributed by atoms with van der Waals surface area (Å²) in [5, 5.41) is 37.6. The largest absolute Gasteiger partial charge is 0.487 e. The van der Waals surface area contributed by atoms with Gasteiger partial charge < -0.3 is 40.6 Å². The minimum Gasteiger partial charge on any atom is -0.487 e. The third-order valence-corrected chi connectivity index (χ3v) is 17.3. The van der Waals surface area contributed by atoms with Gasteiger partial charge in [0.15, 0.2) is 0 Å². The van der Waals surface area contributed by atoms with Gasteiger partial charge >= 0.3 is 12.1 Å². The predicted molar refractivity (Wildman–Crippen MR) is 280 cm³/mol. The SMILES string of the molecule is Cc1c(C)c(S(=O)(=O)NC(=N)NCCC[C@@H](NC(=O)[C@@H](CCCNC(=N)NS(=O)(=O)c2c(C)c(C)c3c(c2C)CC(C)(C)O3)NC(=O)OCC2c3ccccc3-c3ccccc32)C(=O)O)c(C)c2c1OC(C)(C)C2. The van der Waals surface area contributed by atoms with E-state index in [1.165, 1.54) is 0 Å². The van der Waals surface area contributed by atoms with Crippen LogP contribution in [0.1, 0.15) is 115 Å². The number of carboxylic acid groups (broad SMARTS) is 1. The number of sulfonamides is 2. The highest BCUT2D eigenvalue weighted by atomic mass is 32.2. The minimum atomic E-state index is -4.24. The van der Waals surface area contributed by atoms with Crippen LogP contribution in [0, 0.1) is 52.4 Å². The maximum Gasteiger partial charge on any atom is 0.407 e. The summed E-state index contributed by atoms with van der Waals surface area (Å²) < 4.78 is 77.5. The normalized spacial score (nSPS) is 15.7. The number of hydrogen-bond acceptors (Lipinski definition) is 12. The summed E-state index contributed by atoms with van der Waals surface area (Å²) in [6, 6.07) is 12.8. The van der Waals surface area contributed by atoms with Gasteiger partial charge in [0.25, 0.3) is 20.0 Å². The second-order valence-corrected chi connectivity index (χ2v) is 23.9. The molecular weight excluding hydrogens is 989 g/mol. The standard InChI is InChI=1S/C53H68N8O11S2/c1-28-30(3)45(32(5)38-25-52(7,8)71-43(28)38)73(66,67)60-49(54)56-23-15-21-41(59-51(65)70-27-40-36-19-13-11-17-34(36)35-18-12-14-20-37(35)40)47(62)58-42(48(63)64)22-16-24-57-50(55)61-74(68,69)46-31(4)29(2)44-39(33(46)6)26-53(9,10)72-44/h11-14,17-20,40-42H,15-16,21-27H2,1-10H3,(H,58,62)(H,59,65)(H,63,64)(H3,54,56,60)(H3,55,57,61)/t41-,42-/m1/s1. The first kappa shape index (κ1) is 54.9. The molecule has 0 spiro atoms.